The Hall–Kier alpha value is -0.413. The van der Waals surface area contributed by atoms with Gasteiger partial charge in [0.1, 0.15) is 0 Å². The second kappa shape index (κ2) is 7.55. The molecule has 0 fully saturated rings. The summed E-state index contributed by atoms with van der Waals surface area (Å²) in [6, 6.07) is 13.1. The van der Waals surface area contributed by atoms with Gasteiger partial charge >= 0.3 is 0 Å². The lowest BCUT2D eigenvalue weighted by Crippen LogP contribution is -2.32. The summed E-state index contributed by atoms with van der Waals surface area (Å²) in [5.74, 6) is -1.25. The van der Waals surface area contributed by atoms with E-state index in [0.717, 1.165) is 24.2 Å². The zero-order chi connectivity index (χ0) is 15.2. The Balaban J connectivity index is 2.77. The molecule has 0 radical (unpaired) electrons. The van der Waals surface area contributed by atoms with Crippen LogP contribution in [0.3, 0.4) is 0 Å². The highest BCUT2D eigenvalue weighted by Crippen LogP contribution is 2.55. The Morgan fingerprint density at radius 3 is 2.05 bits per heavy atom. The van der Waals surface area contributed by atoms with Crippen LogP contribution in [0.1, 0.15) is 32.2 Å². The van der Waals surface area contributed by atoms with E-state index in [9.17, 15) is 14.6 Å². The maximum Gasteiger partial charge on any atom is 0.232 e. The van der Waals surface area contributed by atoms with Crippen LogP contribution in [0, 0.1) is 0 Å². The monoisotopic (exact) mass is 314 g/mol. The van der Waals surface area contributed by atoms with Crippen LogP contribution in [0.25, 0.3) is 0 Å². The van der Waals surface area contributed by atoms with E-state index >= 15 is 0 Å². The molecule has 1 unspecified atom stereocenters. The quantitative estimate of drug-likeness (QED) is 0.550. The van der Waals surface area contributed by atoms with Gasteiger partial charge < -0.3 is 10.00 Å². The van der Waals surface area contributed by atoms with E-state index in [1.54, 1.807) is 24.3 Å². The zero-order valence-corrected chi connectivity index (χ0v) is 14.6. The van der Waals surface area contributed by atoms with Crippen LogP contribution in [0.4, 0.5) is 0 Å². The van der Waals surface area contributed by atoms with Crippen molar-refractivity contribution in [3.05, 3.63) is 35.9 Å². The minimum Gasteiger partial charge on any atom is -0.378 e. The second-order valence-electron chi connectivity index (χ2n) is 5.57. The van der Waals surface area contributed by atoms with Crippen molar-refractivity contribution in [2.24, 2.45) is 0 Å². The number of aliphatic hydroxyl groups is 1. The third kappa shape index (κ3) is 4.29. The lowest BCUT2D eigenvalue weighted by atomic mass is 10.2. The van der Waals surface area contributed by atoms with Gasteiger partial charge in [0.15, 0.2) is 5.85 Å². The van der Waals surface area contributed by atoms with Crippen molar-refractivity contribution in [1.29, 1.82) is 0 Å². The van der Waals surface area contributed by atoms with Gasteiger partial charge in [-0.2, -0.15) is 0 Å². The fourth-order valence-electron chi connectivity index (χ4n) is 2.66. The van der Waals surface area contributed by atoms with Crippen LogP contribution in [0.2, 0.25) is 24.2 Å². The van der Waals surface area contributed by atoms with Crippen LogP contribution in [-0.2, 0) is 4.57 Å². The van der Waals surface area contributed by atoms with Gasteiger partial charge in [-0.15, -0.1) is 0 Å². The summed E-state index contributed by atoms with van der Waals surface area (Å²) in [5, 5.41) is 10.2. The van der Waals surface area contributed by atoms with Crippen molar-refractivity contribution >= 4 is 15.4 Å². The highest BCUT2D eigenvalue weighted by atomic mass is 31.2. The van der Waals surface area contributed by atoms with Gasteiger partial charge in [0, 0.05) is 6.16 Å². The van der Waals surface area contributed by atoms with E-state index in [1.165, 1.54) is 0 Å². The van der Waals surface area contributed by atoms with Crippen molar-refractivity contribution in [3.8, 4) is 0 Å². The highest BCUT2D eigenvalue weighted by Gasteiger charge is 2.35. The number of hydrogen-bond donors (Lipinski definition) is 2. The van der Waals surface area contributed by atoms with E-state index < -0.39 is 21.3 Å². The molecular formula is C15H27O3PSi. The highest BCUT2D eigenvalue weighted by molar-refractivity contribution is 7.58. The van der Waals surface area contributed by atoms with Crippen LogP contribution in [0.5, 0.6) is 0 Å². The largest absolute Gasteiger partial charge is 0.378 e. The molecule has 2 N–H and O–H groups in total. The van der Waals surface area contributed by atoms with Gasteiger partial charge in [-0.05, 0) is 11.6 Å². The Morgan fingerprint density at radius 2 is 1.60 bits per heavy atom. The van der Waals surface area contributed by atoms with Gasteiger partial charge in [0.05, 0.1) is 8.07 Å². The second-order valence-corrected chi connectivity index (χ2v) is 13.6. The molecule has 5 heteroatoms. The SMILES string of the molecule is CC[Si](CC)(CC)CCP(=O)(O)[C@H](O)c1ccccc1. The fraction of sp³-hybridized carbons (Fsp3) is 0.600. The van der Waals surface area contributed by atoms with E-state index in [2.05, 4.69) is 20.8 Å². The standard InChI is InChI=1S/C15H27O3PSi/c1-4-20(5-2,6-3)13-12-19(17,18)15(16)14-10-8-7-9-11-14/h7-11,15-16H,4-6,12-13H2,1-3H3,(H,17,18)/t15-/m0/s1. The number of aliphatic hydroxyl groups excluding tert-OH is 1. The summed E-state index contributed by atoms with van der Waals surface area (Å²) in [4.78, 5) is 10.2. The van der Waals surface area contributed by atoms with Crippen molar-refractivity contribution in [2.45, 2.75) is 50.8 Å². The summed E-state index contributed by atoms with van der Waals surface area (Å²) < 4.78 is 12.4. The van der Waals surface area contributed by atoms with Crippen LogP contribution in [0.15, 0.2) is 30.3 Å². The normalized spacial score (nSPS) is 16.6. The lowest BCUT2D eigenvalue weighted by Gasteiger charge is -2.30. The molecule has 0 saturated carbocycles. The molecule has 114 valence electrons. The molecule has 1 aromatic rings. The molecule has 0 spiro atoms. The molecular weight excluding hydrogens is 287 g/mol. The lowest BCUT2D eigenvalue weighted by molar-refractivity contribution is 0.235. The van der Waals surface area contributed by atoms with Crippen molar-refractivity contribution < 1.29 is 14.6 Å². The molecule has 0 bridgehead atoms. The molecule has 1 rings (SSSR count). The molecule has 20 heavy (non-hydrogen) atoms. The van der Waals surface area contributed by atoms with Gasteiger partial charge in [0.25, 0.3) is 0 Å². The number of benzene rings is 1. The minimum absolute atomic E-state index is 0.241. The predicted molar refractivity (Wildman–Crippen MR) is 88.1 cm³/mol. The molecule has 0 aliphatic rings. The van der Waals surface area contributed by atoms with Gasteiger partial charge in [0.2, 0.25) is 7.37 Å². The summed E-state index contributed by atoms with van der Waals surface area (Å²) >= 11 is 0. The molecule has 1 aromatic carbocycles. The molecule has 3 nitrogen and oxygen atoms in total. The van der Waals surface area contributed by atoms with Crippen LogP contribution < -0.4 is 0 Å². The maximum atomic E-state index is 12.4. The molecule has 0 aromatic heterocycles. The van der Waals surface area contributed by atoms with Crippen molar-refractivity contribution in [1.82, 2.24) is 0 Å². The molecule has 2 atom stereocenters. The number of rotatable bonds is 8. The summed E-state index contributed by atoms with van der Waals surface area (Å²) in [5.41, 5.74) is 0.537. The molecule has 0 aliphatic heterocycles. The molecule has 0 heterocycles. The average molecular weight is 314 g/mol. The van der Waals surface area contributed by atoms with Gasteiger partial charge in [-0.1, -0.05) is 69.2 Å². The molecule has 0 aliphatic carbocycles. The Morgan fingerprint density at radius 1 is 1.10 bits per heavy atom. The number of hydrogen-bond acceptors (Lipinski definition) is 2. The first-order valence-corrected chi connectivity index (χ1v) is 12.2. The maximum absolute atomic E-state index is 12.4. The first kappa shape index (κ1) is 17.6. The first-order valence-electron chi connectivity index (χ1n) is 7.45. The third-order valence-corrected chi connectivity index (χ3v) is 12.9. The first-order chi connectivity index (χ1) is 9.40. The predicted octanol–water partition coefficient (Wildman–Crippen LogP) is 4.46. The van der Waals surface area contributed by atoms with Crippen molar-refractivity contribution in [3.63, 3.8) is 0 Å². The van der Waals surface area contributed by atoms with Gasteiger partial charge in [-0.25, -0.2) is 0 Å². The summed E-state index contributed by atoms with van der Waals surface area (Å²) in [6.45, 7) is 6.57. The van der Waals surface area contributed by atoms with E-state index in [1.807, 2.05) is 6.07 Å². The zero-order valence-electron chi connectivity index (χ0n) is 12.7. The Labute approximate surface area is 123 Å². The van der Waals surface area contributed by atoms with Crippen molar-refractivity contribution in [2.75, 3.05) is 6.16 Å². The third-order valence-electron chi connectivity index (χ3n) is 4.69. The minimum atomic E-state index is -3.55. The molecule has 0 saturated heterocycles. The summed E-state index contributed by atoms with van der Waals surface area (Å²) in [6.07, 6.45) is 0.241. The Bertz CT molecular complexity index is 437. The fourth-order valence-corrected chi connectivity index (χ4v) is 9.28. The topological polar surface area (TPSA) is 57.5 Å². The summed E-state index contributed by atoms with van der Waals surface area (Å²) in [7, 11) is -4.97. The van der Waals surface area contributed by atoms with Crippen LogP contribution >= 0.6 is 7.37 Å². The average Bonchev–Trinajstić information content (AvgIpc) is 2.49. The van der Waals surface area contributed by atoms with Crippen LogP contribution in [-0.4, -0.2) is 24.2 Å². The van der Waals surface area contributed by atoms with E-state index in [4.69, 9.17) is 0 Å². The molecule has 0 amide bonds. The smallest absolute Gasteiger partial charge is 0.232 e. The van der Waals surface area contributed by atoms with E-state index in [0.29, 0.717) is 5.56 Å². The van der Waals surface area contributed by atoms with E-state index in [-0.39, 0.29) is 6.16 Å². The van der Waals surface area contributed by atoms with Gasteiger partial charge in [-0.3, -0.25) is 4.57 Å². The Kier molecular flexibility index (Phi) is 6.66.